The fourth-order valence-corrected chi connectivity index (χ4v) is 4.26. The lowest BCUT2D eigenvalue weighted by atomic mass is 9.96. The van der Waals surface area contributed by atoms with E-state index >= 15 is 0 Å². The van der Waals surface area contributed by atoms with Crippen molar-refractivity contribution >= 4 is 17.5 Å². The first-order valence-electron chi connectivity index (χ1n) is 11.3. The molecule has 33 heavy (non-hydrogen) atoms. The molecule has 1 aliphatic heterocycles. The Labute approximate surface area is 193 Å². The molecule has 0 aliphatic carbocycles. The highest BCUT2D eigenvalue weighted by atomic mass is 16.5. The fourth-order valence-electron chi connectivity index (χ4n) is 4.26. The first-order chi connectivity index (χ1) is 15.6. The van der Waals surface area contributed by atoms with E-state index in [4.69, 9.17) is 10.3 Å². The number of hydrogen-bond acceptors (Lipinski definition) is 7. The number of nitrogens with one attached hydrogen (secondary N) is 1. The Hall–Kier alpha value is -3.11. The second kappa shape index (κ2) is 9.80. The summed E-state index contributed by atoms with van der Waals surface area (Å²) in [6.07, 6.45) is 0.297. The zero-order valence-corrected chi connectivity index (χ0v) is 19.7. The molecule has 0 saturated carbocycles. The largest absolute Gasteiger partial charge is 0.508 e. The fraction of sp³-hybridized carbons (Fsp3) is 0.522. The standard InChI is InChI=1S/C23H33N5O5/c1-5-25-23(32)20-21(28(4)10-8-27(9-11-28)7-6-19(24)31)22(33-26-20)16-12-15(14(2)3)17(29)13-18(16)30/h12-14H,5-11H2,1-4H3,(H4-,24,25,26,29,30,31,32)/p+1. The highest BCUT2D eigenvalue weighted by Crippen LogP contribution is 2.44. The second-order valence-electron chi connectivity index (χ2n) is 9.05. The SMILES string of the molecule is CCNC(=O)c1noc(-c2cc(C(C)C)c(O)cc2O)c1[N+]1(C)CCN(CCC(N)=O)CC1. The normalized spacial score (nSPS) is 16.2. The summed E-state index contributed by atoms with van der Waals surface area (Å²) >= 11 is 0. The topological polar surface area (TPSA) is 142 Å². The Morgan fingerprint density at radius 3 is 2.48 bits per heavy atom. The molecular weight excluding hydrogens is 426 g/mol. The molecule has 0 atom stereocenters. The average molecular weight is 461 g/mol. The second-order valence-corrected chi connectivity index (χ2v) is 9.05. The summed E-state index contributed by atoms with van der Waals surface area (Å²) in [5, 5.41) is 27.8. The van der Waals surface area contributed by atoms with Gasteiger partial charge >= 0.3 is 0 Å². The van der Waals surface area contributed by atoms with Crippen molar-refractivity contribution in [1.29, 1.82) is 0 Å². The van der Waals surface area contributed by atoms with Gasteiger partial charge in [-0.3, -0.25) is 19.0 Å². The maximum Gasteiger partial charge on any atom is 0.279 e. The summed E-state index contributed by atoms with van der Waals surface area (Å²) in [4.78, 5) is 26.2. The van der Waals surface area contributed by atoms with Gasteiger partial charge in [0.2, 0.25) is 23.0 Å². The van der Waals surface area contributed by atoms with Gasteiger partial charge in [-0.25, -0.2) is 0 Å². The number of benzene rings is 1. The van der Waals surface area contributed by atoms with Crippen LogP contribution in [0.4, 0.5) is 5.69 Å². The van der Waals surface area contributed by atoms with Gasteiger partial charge in [-0.15, -0.1) is 0 Å². The molecule has 2 amide bonds. The van der Waals surface area contributed by atoms with Crippen LogP contribution in [-0.4, -0.2) is 78.4 Å². The van der Waals surface area contributed by atoms with E-state index in [2.05, 4.69) is 15.4 Å². The summed E-state index contributed by atoms with van der Waals surface area (Å²) in [6, 6.07) is 2.99. The molecule has 1 aromatic heterocycles. The molecule has 3 rings (SSSR count). The van der Waals surface area contributed by atoms with Crippen molar-refractivity contribution in [2.45, 2.75) is 33.1 Å². The molecule has 5 N–H and O–H groups in total. The Kier molecular flexibility index (Phi) is 7.28. The minimum atomic E-state index is -0.347. The Morgan fingerprint density at radius 2 is 1.91 bits per heavy atom. The van der Waals surface area contributed by atoms with Gasteiger partial charge in [0.25, 0.3) is 5.91 Å². The minimum absolute atomic E-state index is 0.000254. The third-order valence-electron chi connectivity index (χ3n) is 6.27. The summed E-state index contributed by atoms with van der Waals surface area (Å²) in [7, 11) is 2.00. The number of aromatic hydroxyl groups is 2. The van der Waals surface area contributed by atoms with Crippen molar-refractivity contribution in [3.63, 3.8) is 0 Å². The molecule has 180 valence electrons. The summed E-state index contributed by atoms with van der Waals surface area (Å²) < 4.78 is 6.06. The van der Waals surface area contributed by atoms with Gasteiger partial charge in [-0.05, 0) is 24.5 Å². The van der Waals surface area contributed by atoms with E-state index in [1.807, 2.05) is 27.8 Å². The highest BCUT2D eigenvalue weighted by Gasteiger charge is 2.41. The first kappa shape index (κ1) is 24.5. The molecule has 0 bridgehead atoms. The lowest BCUT2D eigenvalue weighted by molar-refractivity contribution is -0.118. The number of primary amides is 1. The number of phenols is 2. The number of piperazine rings is 1. The Balaban J connectivity index is 2.06. The molecular formula is C23H34N5O5+. The monoisotopic (exact) mass is 460 g/mol. The van der Waals surface area contributed by atoms with Crippen molar-refractivity contribution in [2.24, 2.45) is 5.73 Å². The van der Waals surface area contributed by atoms with Crippen molar-refractivity contribution in [3.05, 3.63) is 23.4 Å². The quantitative estimate of drug-likeness (QED) is 0.440. The minimum Gasteiger partial charge on any atom is -0.508 e. The van der Waals surface area contributed by atoms with Crippen LogP contribution in [0.2, 0.25) is 0 Å². The number of carbonyl (C=O) groups is 2. The molecule has 0 unspecified atom stereocenters. The number of amides is 2. The number of quaternary nitrogens is 1. The van der Waals surface area contributed by atoms with E-state index in [0.29, 0.717) is 72.7 Å². The number of rotatable bonds is 8. The average Bonchev–Trinajstić information content (AvgIpc) is 3.19. The number of phenolic OH excluding ortho intramolecular Hbond substituents is 2. The molecule has 1 saturated heterocycles. The Bertz CT molecular complexity index is 1020. The molecule has 2 heterocycles. The maximum atomic E-state index is 12.8. The molecule has 1 fully saturated rings. The third kappa shape index (κ3) is 5.12. The van der Waals surface area contributed by atoms with Crippen LogP contribution >= 0.6 is 0 Å². The number of nitrogens with two attached hydrogens (primary N) is 1. The Morgan fingerprint density at radius 1 is 1.24 bits per heavy atom. The number of nitrogens with zero attached hydrogens (tertiary/aromatic N) is 3. The van der Waals surface area contributed by atoms with Crippen molar-refractivity contribution in [2.75, 3.05) is 46.3 Å². The maximum absolute atomic E-state index is 12.8. The molecule has 2 aromatic rings. The number of carbonyl (C=O) groups excluding carboxylic acids is 2. The van der Waals surface area contributed by atoms with Crippen LogP contribution in [0.1, 0.15) is 49.2 Å². The zero-order chi connectivity index (χ0) is 24.3. The van der Waals surface area contributed by atoms with Crippen molar-refractivity contribution in [3.8, 4) is 22.8 Å². The van der Waals surface area contributed by atoms with Gasteiger partial charge in [0.15, 0.2) is 0 Å². The van der Waals surface area contributed by atoms with Crippen LogP contribution in [0.15, 0.2) is 16.7 Å². The molecule has 10 nitrogen and oxygen atoms in total. The van der Waals surface area contributed by atoms with Gasteiger partial charge in [0, 0.05) is 38.7 Å². The smallest absolute Gasteiger partial charge is 0.279 e. The summed E-state index contributed by atoms with van der Waals surface area (Å²) in [5.41, 5.74) is 7.09. The number of likely N-dealkylation sites (N-methyl/N-ethyl adjacent to an activating group) is 1. The van der Waals surface area contributed by atoms with Crippen LogP contribution in [0.25, 0.3) is 11.3 Å². The van der Waals surface area contributed by atoms with E-state index < -0.39 is 0 Å². The van der Waals surface area contributed by atoms with E-state index in [1.54, 1.807) is 6.07 Å². The van der Waals surface area contributed by atoms with Gasteiger partial charge in [0.1, 0.15) is 11.5 Å². The van der Waals surface area contributed by atoms with Gasteiger partial charge in [-0.1, -0.05) is 19.0 Å². The first-order valence-corrected chi connectivity index (χ1v) is 11.3. The molecule has 0 spiro atoms. The predicted octanol–water partition coefficient (Wildman–Crippen LogP) is 1.75. The number of hydrogen-bond donors (Lipinski definition) is 4. The van der Waals surface area contributed by atoms with Gasteiger partial charge in [0.05, 0.1) is 25.7 Å². The van der Waals surface area contributed by atoms with Gasteiger partial charge in [-0.2, -0.15) is 0 Å². The van der Waals surface area contributed by atoms with Crippen molar-refractivity contribution in [1.82, 2.24) is 19.9 Å². The zero-order valence-electron chi connectivity index (χ0n) is 19.7. The van der Waals surface area contributed by atoms with Crippen LogP contribution in [0.3, 0.4) is 0 Å². The molecule has 10 heteroatoms. The summed E-state index contributed by atoms with van der Waals surface area (Å²) in [5.74, 6) is -0.508. The van der Waals surface area contributed by atoms with Crippen LogP contribution < -0.4 is 15.5 Å². The lowest BCUT2D eigenvalue weighted by Crippen LogP contribution is -2.59. The van der Waals surface area contributed by atoms with Gasteiger partial charge < -0.3 is 25.8 Å². The van der Waals surface area contributed by atoms with E-state index in [9.17, 15) is 19.8 Å². The van der Waals surface area contributed by atoms with Crippen LogP contribution in [0.5, 0.6) is 11.5 Å². The van der Waals surface area contributed by atoms with Crippen molar-refractivity contribution < 1.29 is 24.3 Å². The highest BCUT2D eigenvalue weighted by molar-refractivity contribution is 6.00. The van der Waals surface area contributed by atoms with E-state index in [-0.39, 0.29) is 34.9 Å². The van der Waals surface area contributed by atoms with Crippen LogP contribution in [0, 0.1) is 0 Å². The van der Waals surface area contributed by atoms with E-state index in [1.165, 1.54) is 6.07 Å². The lowest BCUT2D eigenvalue weighted by Gasteiger charge is -2.41. The number of aromatic nitrogens is 1. The third-order valence-corrected chi connectivity index (χ3v) is 6.27. The molecule has 1 aliphatic rings. The summed E-state index contributed by atoms with van der Waals surface area (Å²) in [6.45, 7) is 9.42. The predicted molar refractivity (Wildman–Crippen MR) is 125 cm³/mol. The van der Waals surface area contributed by atoms with Crippen LogP contribution in [-0.2, 0) is 4.79 Å². The molecule has 0 radical (unpaired) electrons. The van der Waals surface area contributed by atoms with E-state index in [0.717, 1.165) is 0 Å². The molecule has 1 aromatic carbocycles.